The van der Waals surface area contributed by atoms with Gasteiger partial charge in [-0.3, -0.25) is 0 Å². The number of rotatable bonds is 2. The number of hydrazine groups is 2. The van der Waals surface area contributed by atoms with Crippen molar-refractivity contribution in [3.8, 4) is 11.5 Å². The van der Waals surface area contributed by atoms with Crippen LogP contribution in [0.1, 0.15) is 0 Å². The molecule has 98 valence electrons. The number of carbonyl (C=O) groups excluding carboxylic acids is 2. The molecule has 10 nitrogen and oxygen atoms in total. The highest BCUT2D eigenvalue weighted by Gasteiger charge is 2.20. The molecule has 0 aliphatic carbocycles. The summed E-state index contributed by atoms with van der Waals surface area (Å²) < 4.78 is 0. The Morgan fingerprint density at radius 1 is 0.889 bits per heavy atom. The van der Waals surface area contributed by atoms with E-state index in [0.29, 0.717) is 10.0 Å². The van der Waals surface area contributed by atoms with Crippen molar-refractivity contribution >= 4 is 23.4 Å². The summed E-state index contributed by atoms with van der Waals surface area (Å²) in [6.45, 7) is 0. The van der Waals surface area contributed by atoms with Crippen LogP contribution in [0.2, 0.25) is 0 Å². The number of benzene rings is 1. The molecule has 1 aromatic carbocycles. The smallest absolute Gasteiger partial charge is 0.333 e. The number of phenols is 2. The zero-order valence-electron chi connectivity index (χ0n) is 9.07. The van der Waals surface area contributed by atoms with Gasteiger partial charge < -0.3 is 21.7 Å². The molecule has 0 aliphatic heterocycles. The van der Waals surface area contributed by atoms with Crippen molar-refractivity contribution in [2.24, 2.45) is 23.2 Å². The highest BCUT2D eigenvalue weighted by molar-refractivity contribution is 5.96. The van der Waals surface area contributed by atoms with Crippen molar-refractivity contribution < 1.29 is 19.8 Å². The van der Waals surface area contributed by atoms with E-state index in [9.17, 15) is 19.8 Å². The van der Waals surface area contributed by atoms with Crippen LogP contribution in [-0.2, 0) is 0 Å². The summed E-state index contributed by atoms with van der Waals surface area (Å²) in [6, 6.07) is -0.328. The minimum atomic E-state index is -1.07. The third kappa shape index (κ3) is 2.34. The molecule has 1 rings (SSSR count). The van der Waals surface area contributed by atoms with E-state index in [1.807, 2.05) is 0 Å². The maximum absolute atomic E-state index is 10.9. The number of urea groups is 2. The largest absolute Gasteiger partial charge is 0.506 e. The van der Waals surface area contributed by atoms with E-state index in [-0.39, 0.29) is 11.4 Å². The highest BCUT2D eigenvalue weighted by Crippen LogP contribution is 2.37. The lowest BCUT2D eigenvalue weighted by Crippen LogP contribution is -2.43. The summed E-state index contributed by atoms with van der Waals surface area (Å²) >= 11 is 0. The summed E-state index contributed by atoms with van der Waals surface area (Å²) in [5, 5.41) is 19.8. The summed E-state index contributed by atoms with van der Waals surface area (Å²) in [4.78, 5) is 21.7. The van der Waals surface area contributed by atoms with Gasteiger partial charge in [0.25, 0.3) is 0 Å². The van der Waals surface area contributed by atoms with E-state index in [4.69, 9.17) is 23.2 Å². The molecule has 0 aromatic heterocycles. The molecule has 0 saturated heterocycles. The van der Waals surface area contributed by atoms with Crippen LogP contribution in [0.3, 0.4) is 0 Å². The first kappa shape index (κ1) is 13.3. The Hall–Kier alpha value is -2.72. The van der Waals surface area contributed by atoms with Gasteiger partial charge in [-0.2, -0.15) is 0 Å². The second-order valence-corrected chi connectivity index (χ2v) is 3.25. The molecule has 1 aromatic rings. The van der Waals surface area contributed by atoms with Gasteiger partial charge in [0.15, 0.2) is 0 Å². The molecule has 0 spiro atoms. The van der Waals surface area contributed by atoms with Gasteiger partial charge in [0.2, 0.25) is 0 Å². The van der Waals surface area contributed by atoms with Crippen LogP contribution < -0.4 is 33.2 Å². The zero-order chi connectivity index (χ0) is 14.0. The lowest BCUT2D eigenvalue weighted by molar-refractivity contribution is 0.253. The Balaban J connectivity index is 3.35. The number of hydrogen-bond donors (Lipinski definition) is 6. The molecule has 10 heteroatoms. The molecule has 0 aliphatic rings. The van der Waals surface area contributed by atoms with E-state index >= 15 is 0 Å². The van der Waals surface area contributed by atoms with Crippen molar-refractivity contribution in [3.05, 3.63) is 12.1 Å². The van der Waals surface area contributed by atoms with Gasteiger partial charge in [-0.25, -0.2) is 31.3 Å². The van der Waals surface area contributed by atoms with E-state index in [1.165, 1.54) is 0 Å². The average molecular weight is 256 g/mol. The Morgan fingerprint density at radius 2 is 1.22 bits per heavy atom. The molecule has 0 unspecified atom stereocenters. The first-order valence-electron chi connectivity index (χ1n) is 4.50. The van der Waals surface area contributed by atoms with Crippen LogP contribution >= 0.6 is 0 Å². The highest BCUT2D eigenvalue weighted by atomic mass is 16.3. The van der Waals surface area contributed by atoms with Crippen molar-refractivity contribution in [2.45, 2.75) is 0 Å². The Labute approximate surface area is 101 Å². The number of hydrogen-bond acceptors (Lipinski definition) is 6. The Bertz CT molecular complexity index is 463. The minimum Gasteiger partial charge on any atom is -0.506 e. The van der Waals surface area contributed by atoms with Crippen LogP contribution in [0.25, 0.3) is 0 Å². The van der Waals surface area contributed by atoms with Crippen LogP contribution in [0.15, 0.2) is 12.1 Å². The lowest BCUT2D eigenvalue weighted by atomic mass is 10.2. The second kappa shape index (κ2) is 4.65. The molecule has 0 radical (unpaired) electrons. The van der Waals surface area contributed by atoms with Gasteiger partial charge in [-0.05, 0) is 6.07 Å². The maximum Gasteiger partial charge on any atom is 0.333 e. The predicted molar refractivity (Wildman–Crippen MR) is 62.3 cm³/mol. The molecule has 0 bridgehead atoms. The van der Waals surface area contributed by atoms with Crippen LogP contribution in [-0.4, -0.2) is 22.3 Å². The number of primary amides is 2. The fourth-order valence-electron chi connectivity index (χ4n) is 1.18. The zero-order valence-corrected chi connectivity index (χ0v) is 9.07. The van der Waals surface area contributed by atoms with Crippen molar-refractivity contribution in [1.82, 2.24) is 0 Å². The molecule has 0 saturated carbocycles. The third-order valence-corrected chi connectivity index (χ3v) is 2.07. The first-order chi connectivity index (χ1) is 8.25. The quantitative estimate of drug-likeness (QED) is 0.215. The number of carbonyl (C=O) groups is 2. The molecule has 4 amide bonds. The fraction of sp³-hybridized carbons (Fsp3) is 0. The summed E-state index contributed by atoms with van der Waals surface area (Å²) in [5.74, 6) is 9.49. The molecular weight excluding hydrogens is 244 g/mol. The predicted octanol–water partition coefficient (Wildman–Crippen LogP) is -1.38. The Kier molecular flexibility index (Phi) is 3.45. The van der Waals surface area contributed by atoms with Gasteiger partial charge in [0.05, 0.1) is 0 Å². The van der Waals surface area contributed by atoms with Crippen molar-refractivity contribution in [3.63, 3.8) is 0 Å². The van der Waals surface area contributed by atoms with Gasteiger partial charge in [-0.1, -0.05) is 0 Å². The summed E-state index contributed by atoms with van der Waals surface area (Å²) in [7, 11) is 0. The third-order valence-electron chi connectivity index (χ3n) is 2.07. The topological polar surface area (TPSA) is 185 Å². The standard InChI is InChI=1S/C8H12N6O4/c9-7(17)13(11)3-1-4(14(12)8(10)18)6(16)2-5(3)15/h1-2,15-16H,11-12H2,(H2,9,17)(H2,10,18). The fourth-order valence-corrected chi connectivity index (χ4v) is 1.18. The number of aromatic hydroxyl groups is 2. The molecule has 10 N–H and O–H groups in total. The molecular formula is C8H12N6O4. The number of nitrogens with zero attached hydrogens (tertiary/aromatic N) is 2. The average Bonchev–Trinajstić information content (AvgIpc) is 2.27. The van der Waals surface area contributed by atoms with E-state index < -0.39 is 23.6 Å². The monoisotopic (exact) mass is 256 g/mol. The first-order valence-corrected chi connectivity index (χ1v) is 4.50. The van der Waals surface area contributed by atoms with Crippen LogP contribution in [0.4, 0.5) is 21.0 Å². The SMILES string of the molecule is NC(=O)N(N)c1cc(N(N)C(N)=O)c(O)cc1O. The van der Waals surface area contributed by atoms with Crippen LogP contribution in [0.5, 0.6) is 11.5 Å². The number of anilines is 2. The summed E-state index contributed by atoms with van der Waals surface area (Å²) in [5.41, 5.74) is 9.31. The molecule has 18 heavy (non-hydrogen) atoms. The maximum atomic E-state index is 10.9. The normalized spacial score (nSPS) is 9.89. The minimum absolute atomic E-state index is 0.257. The number of amides is 4. The summed E-state index contributed by atoms with van der Waals surface area (Å²) in [6.07, 6.45) is 0. The van der Waals surface area contributed by atoms with Gasteiger partial charge in [0.1, 0.15) is 22.9 Å². The molecule has 0 fully saturated rings. The van der Waals surface area contributed by atoms with Gasteiger partial charge in [0, 0.05) is 6.07 Å². The van der Waals surface area contributed by atoms with Gasteiger partial charge in [-0.15, -0.1) is 0 Å². The van der Waals surface area contributed by atoms with Crippen LogP contribution in [0, 0.1) is 0 Å². The Morgan fingerprint density at radius 3 is 1.50 bits per heavy atom. The van der Waals surface area contributed by atoms with Gasteiger partial charge >= 0.3 is 12.1 Å². The molecule has 0 atom stereocenters. The van der Waals surface area contributed by atoms with Crippen molar-refractivity contribution in [1.29, 1.82) is 0 Å². The van der Waals surface area contributed by atoms with E-state index in [0.717, 1.165) is 12.1 Å². The van der Waals surface area contributed by atoms with E-state index in [1.54, 1.807) is 0 Å². The second-order valence-electron chi connectivity index (χ2n) is 3.25. The number of phenolic OH excluding ortho intramolecular Hbond substituents is 2. The number of nitrogens with two attached hydrogens (primary N) is 4. The van der Waals surface area contributed by atoms with E-state index in [2.05, 4.69) is 0 Å². The van der Waals surface area contributed by atoms with Crippen molar-refractivity contribution in [2.75, 3.05) is 10.0 Å². The lowest BCUT2D eigenvalue weighted by Gasteiger charge is -2.20. The molecule has 0 heterocycles.